The van der Waals surface area contributed by atoms with Crippen LogP contribution in [0.1, 0.15) is 251 Å². The van der Waals surface area contributed by atoms with Crippen molar-refractivity contribution in [3.05, 3.63) is 24.3 Å². The summed E-state index contributed by atoms with van der Waals surface area (Å²) < 4.78 is 5.42. The van der Waals surface area contributed by atoms with Gasteiger partial charge in [-0.1, -0.05) is 192 Å². The van der Waals surface area contributed by atoms with Crippen LogP contribution in [0.3, 0.4) is 0 Å². The molecule has 0 saturated carbocycles. The SMILES string of the molecule is CCCC/C=C\CCCCCCCC(=O)OCCCCCC/C=C\CCCCCCCCCC(=O)NC(CO)C(O)CCCCCCCCCCCCCC. The molecule has 0 aliphatic heterocycles. The van der Waals surface area contributed by atoms with Crippen molar-refractivity contribution in [3.8, 4) is 0 Å². The van der Waals surface area contributed by atoms with E-state index in [1.54, 1.807) is 0 Å². The van der Waals surface area contributed by atoms with Crippen molar-refractivity contribution < 1.29 is 24.5 Å². The quantitative estimate of drug-likeness (QED) is 0.0325. The molecule has 3 N–H and O–H groups in total. The van der Waals surface area contributed by atoms with Crippen molar-refractivity contribution >= 4 is 11.9 Å². The van der Waals surface area contributed by atoms with Crippen LogP contribution in [-0.4, -0.2) is 47.4 Å². The van der Waals surface area contributed by atoms with Crippen molar-refractivity contribution in [2.45, 2.75) is 264 Å². The fraction of sp³-hybridized carbons (Fsp3) is 0.878. The molecule has 2 unspecified atom stereocenters. The Morgan fingerprint density at radius 1 is 0.491 bits per heavy atom. The Morgan fingerprint density at radius 2 is 0.873 bits per heavy atom. The van der Waals surface area contributed by atoms with Gasteiger partial charge in [0.2, 0.25) is 5.91 Å². The van der Waals surface area contributed by atoms with Crippen molar-refractivity contribution in [2.24, 2.45) is 0 Å². The van der Waals surface area contributed by atoms with E-state index in [1.807, 2.05) is 0 Å². The predicted molar refractivity (Wildman–Crippen MR) is 236 cm³/mol. The summed E-state index contributed by atoms with van der Waals surface area (Å²) in [5, 5.41) is 23.1. The number of hydrogen-bond donors (Lipinski definition) is 3. The monoisotopic (exact) mass is 776 g/mol. The van der Waals surface area contributed by atoms with Gasteiger partial charge < -0.3 is 20.3 Å². The summed E-state index contributed by atoms with van der Waals surface area (Å²) in [7, 11) is 0. The minimum absolute atomic E-state index is 0.0217. The molecule has 6 heteroatoms. The van der Waals surface area contributed by atoms with Gasteiger partial charge in [-0.2, -0.15) is 0 Å². The fourth-order valence-electron chi connectivity index (χ4n) is 7.20. The maximum absolute atomic E-state index is 12.4. The molecule has 0 saturated heterocycles. The van der Waals surface area contributed by atoms with Gasteiger partial charge in [-0.15, -0.1) is 0 Å². The van der Waals surface area contributed by atoms with Gasteiger partial charge >= 0.3 is 5.97 Å². The first kappa shape index (κ1) is 53.3. The van der Waals surface area contributed by atoms with E-state index in [0.29, 0.717) is 25.9 Å². The summed E-state index contributed by atoms with van der Waals surface area (Å²) in [6.45, 7) is 4.86. The van der Waals surface area contributed by atoms with Crippen LogP contribution in [0.2, 0.25) is 0 Å². The number of unbranched alkanes of at least 4 members (excludes halogenated alkanes) is 29. The highest BCUT2D eigenvalue weighted by atomic mass is 16.5. The predicted octanol–water partition coefficient (Wildman–Crippen LogP) is 14.0. The standard InChI is InChI=1S/C49H93NO5/c1-3-5-7-9-11-13-15-22-25-29-33-37-41-47(52)46(45-51)50-48(53)42-38-34-30-26-23-19-17-16-18-20-24-28-32-36-40-44-55-49(54)43-39-35-31-27-21-14-12-10-8-6-4-2/h10,12,18,20,46-47,51-52H,3-9,11,13-17,19,21-45H2,1-2H3,(H,50,53)/b12-10-,20-18-. The summed E-state index contributed by atoms with van der Waals surface area (Å²) in [5.74, 6) is -0.0736. The van der Waals surface area contributed by atoms with Crippen LogP contribution in [0.15, 0.2) is 24.3 Å². The Morgan fingerprint density at radius 3 is 1.35 bits per heavy atom. The molecule has 0 fully saturated rings. The summed E-state index contributed by atoms with van der Waals surface area (Å²) >= 11 is 0. The van der Waals surface area contributed by atoms with Crippen molar-refractivity contribution in [3.63, 3.8) is 0 Å². The second kappa shape index (κ2) is 45.0. The molecule has 324 valence electrons. The van der Waals surface area contributed by atoms with Crippen LogP contribution in [0, 0.1) is 0 Å². The van der Waals surface area contributed by atoms with Crippen molar-refractivity contribution in [1.29, 1.82) is 0 Å². The topological polar surface area (TPSA) is 95.9 Å². The number of carbonyl (C=O) groups excluding carboxylic acids is 2. The number of rotatable bonds is 44. The average molecular weight is 776 g/mol. The lowest BCUT2D eigenvalue weighted by atomic mass is 10.0. The molecular weight excluding hydrogens is 683 g/mol. The minimum atomic E-state index is -0.672. The van der Waals surface area contributed by atoms with Crippen molar-refractivity contribution in [1.82, 2.24) is 5.32 Å². The largest absolute Gasteiger partial charge is 0.466 e. The van der Waals surface area contributed by atoms with Crippen LogP contribution in [0.4, 0.5) is 0 Å². The van der Waals surface area contributed by atoms with Crippen LogP contribution >= 0.6 is 0 Å². The summed E-state index contributed by atoms with van der Waals surface area (Å²) in [5.41, 5.74) is 0. The van der Waals surface area contributed by atoms with Gasteiger partial charge in [0.05, 0.1) is 25.4 Å². The first-order chi connectivity index (χ1) is 27.0. The Kier molecular flexibility index (Phi) is 43.7. The molecule has 1 amide bonds. The van der Waals surface area contributed by atoms with Gasteiger partial charge in [-0.3, -0.25) is 9.59 Å². The molecule has 0 aromatic heterocycles. The van der Waals surface area contributed by atoms with E-state index in [4.69, 9.17) is 4.74 Å². The maximum Gasteiger partial charge on any atom is 0.305 e. The lowest BCUT2D eigenvalue weighted by Gasteiger charge is -2.22. The third-order valence-corrected chi connectivity index (χ3v) is 11.0. The highest BCUT2D eigenvalue weighted by Crippen LogP contribution is 2.15. The smallest absolute Gasteiger partial charge is 0.305 e. The van der Waals surface area contributed by atoms with Crippen molar-refractivity contribution in [2.75, 3.05) is 13.2 Å². The number of allylic oxidation sites excluding steroid dienone is 4. The van der Waals surface area contributed by atoms with Gasteiger partial charge in [0, 0.05) is 12.8 Å². The third-order valence-electron chi connectivity index (χ3n) is 11.0. The molecule has 55 heavy (non-hydrogen) atoms. The Bertz CT molecular complexity index is 858. The number of ether oxygens (including phenoxy) is 1. The number of hydrogen-bond acceptors (Lipinski definition) is 5. The van der Waals surface area contributed by atoms with Crippen LogP contribution in [0.5, 0.6) is 0 Å². The summed E-state index contributed by atoms with van der Waals surface area (Å²) in [6, 6.07) is -0.551. The Balaban J connectivity index is 3.49. The number of esters is 1. The third kappa shape index (κ3) is 41.8. The van der Waals surface area contributed by atoms with Gasteiger partial charge in [0.15, 0.2) is 0 Å². The van der Waals surface area contributed by atoms with E-state index in [1.165, 1.54) is 148 Å². The summed E-state index contributed by atoms with van der Waals surface area (Å²) in [6.07, 6.45) is 51.4. The molecule has 0 aliphatic rings. The second-order valence-corrected chi connectivity index (χ2v) is 16.4. The van der Waals surface area contributed by atoms with E-state index in [2.05, 4.69) is 43.5 Å². The number of aliphatic hydroxyl groups excluding tert-OH is 2. The second-order valence-electron chi connectivity index (χ2n) is 16.4. The summed E-state index contributed by atoms with van der Waals surface area (Å²) in [4.78, 5) is 24.4. The van der Waals surface area contributed by atoms with Crippen LogP contribution in [0.25, 0.3) is 0 Å². The molecule has 0 radical (unpaired) electrons. The number of amides is 1. The van der Waals surface area contributed by atoms with E-state index >= 15 is 0 Å². The Hall–Kier alpha value is -1.66. The lowest BCUT2D eigenvalue weighted by molar-refractivity contribution is -0.143. The first-order valence-electron chi connectivity index (χ1n) is 24.1. The molecular formula is C49H93NO5. The molecule has 2 atom stereocenters. The van der Waals surface area contributed by atoms with E-state index in [-0.39, 0.29) is 18.5 Å². The molecule has 0 aromatic carbocycles. The molecule has 0 aromatic rings. The van der Waals surface area contributed by atoms with Gasteiger partial charge in [0.1, 0.15) is 0 Å². The van der Waals surface area contributed by atoms with Crippen LogP contribution in [-0.2, 0) is 14.3 Å². The zero-order valence-electron chi connectivity index (χ0n) is 36.7. The zero-order valence-corrected chi connectivity index (χ0v) is 36.7. The molecule has 0 spiro atoms. The van der Waals surface area contributed by atoms with Gasteiger partial charge in [-0.25, -0.2) is 0 Å². The Labute approximate surface area is 341 Å². The first-order valence-corrected chi connectivity index (χ1v) is 24.1. The number of nitrogens with one attached hydrogen (secondary N) is 1. The average Bonchev–Trinajstić information content (AvgIpc) is 3.18. The number of aliphatic hydroxyl groups is 2. The normalized spacial score (nSPS) is 12.9. The van der Waals surface area contributed by atoms with Gasteiger partial charge in [0.25, 0.3) is 0 Å². The van der Waals surface area contributed by atoms with Crippen LogP contribution < -0.4 is 5.32 Å². The molecule has 0 aliphatic carbocycles. The zero-order chi connectivity index (χ0) is 40.1. The van der Waals surface area contributed by atoms with Gasteiger partial charge in [-0.05, 0) is 70.6 Å². The molecule has 6 nitrogen and oxygen atoms in total. The van der Waals surface area contributed by atoms with E-state index in [9.17, 15) is 19.8 Å². The number of carbonyl (C=O) groups is 2. The molecule has 0 rings (SSSR count). The fourth-order valence-corrected chi connectivity index (χ4v) is 7.20. The van der Waals surface area contributed by atoms with E-state index in [0.717, 1.165) is 70.6 Å². The minimum Gasteiger partial charge on any atom is -0.466 e. The molecule has 0 bridgehead atoms. The maximum atomic E-state index is 12.4. The highest BCUT2D eigenvalue weighted by Gasteiger charge is 2.20. The molecule has 0 heterocycles. The lowest BCUT2D eigenvalue weighted by Crippen LogP contribution is -2.45. The van der Waals surface area contributed by atoms with E-state index < -0.39 is 12.1 Å². The highest BCUT2D eigenvalue weighted by molar-refractivity contribution is 5.76.